The van der Waals surface area contributed by atoms with E-state index in [1.807, 2.05) is 36.4 Å². The van der Waals surface area contributed by atoms with Crippen LogP contribution >= 0.6 is 0 Å². The molecule has 4 aromatic rings. The lowest BCUT2D eigenvalue weighted by atomic mass is 10.1. The second-order valence-corrected chi connectivity index (χ2v) is 7.79. The van der Waals surface area contributed by atoms with Crippen LogP contribution in [0.3, 0.4) is 0 Å². The van der Waals surface area contributed by atoms with Gasteiger partial charge in [-0.1, -0.05) is 36.4 Å². The summed E-state index contributed by atoms with van der Waals surface area (Å²) in [4.78, 5) is 1.58. The number of hydrogen-bond donors (Lipinski definition) is 1. The Labute approximate surface area is 144 Å². The zero-order chi connectivity index (χ0) is 17.4. The third-order valence-corrected chi connectivity index (χ3v) is 5.74. The highest BCUT2D eigenvalue weighted by atomic mass is 32.2. The van der Waals surface area contributed by atoms with E-state index in [9.17, 15) is 8.42 Å². The van der Waals surface area contributed by atoms with E-state index in [0.29, 0.717) is 5.69 Å². The fraction of sp³-hybridized carbons (Fsp3) is 0.111. The quantitative estimate of drug-likeness (QED) is 0.609. The van der Waals surface area contributed by atoms with E-state index in [0.717, 1.165) is 21.8 Å². The third-order valence-electron chi connectivity index (χ3n) is 4.04. The average Bonchev–Trinajstić information content (AvgIpc) is 3.07. The standard InChI is InChI=1S/C18H15N3O3S/c22-10-11-25(23,24)15-6-3-5-14(12-15)21-19-17-9-8-13-4-1-2-7-16(13)18(17)20-21/h1-9,12,22H,10-11H2. The molecule has 7 heteroatoms. The van der Waals surface area contributed by atoms with Crippen molar-refractivity contribution in [2.45, 2.75) is 4.90 Å². The molecule has 126 valence electrons. The van der Waals surface area contributed by atoms with Crippen LogP contribution in [0.1, 0.15) is 0 Å². The number of rotatable bonds is 4. The lowest BCUT2D eigenvalue weighted by molar-refractivity contribution is 0.319. The van der Waals surface area contributed by atoms with Crippen molar-refractivity contribution in [3.8, 4) is 5.69 Å². The van der Waals surface area contributed by atoms with Gasteiger partial charge in [-0.05, 0) is 29.7 Å². The van der Waals surface area contributed by atoms with Gasteiger partial charge in [0.2, 0.25) is 0 Å². The maximum Gasteiger partial charge on any atom is 0.180 e. The largest absolute Gasteiger partial charge is 0.395 e. The van der Waals surface area contributed by atoms with E-state index in [1.54, 1.807) is 12.1 Å². The van der Waals surface area contributed by atoms with Crippen LogP contribution in [-0.4, -0.2) is 40.9 Å². The van der Waals surface area contributed by atoms with Gasteiger partial charge < -0.3 is 5.11 Å². The molecule has 0 fully saturated rings. The van der Waals surface area contributed by atoms with Crippen LogP contribution in [-0.2, 0) is 9.84 Å². The normalized spacial score (nSPS) is 12.0. The molecule has 0 amide bonds. The number of fused-ring (bicyclic) bond motifs is 3. The first-order valence-corrected chi connectivity index (χ1v) is 9.42. The summed E-state index contributed by atoms with van der Waals surface area (Å²) in [5, 5.41) is 20.0. The highest BCUT2D eigenvalue weighted by molar-refractivity contribution is 7.91. The van der Waals surface area contributed by atoms with Gasteiger partial charge in [-0.3, -0.25) is 0 Å². The molecule has 25 heavy (non-hydrogen) atoms. The Balaban J connectivity index is 1.86. The summed E-state index contributed by atoms with van der Waals surface area (Å²) in [6.07, 6.45) is 0. The summed E-state index contributed by atoms with van der Waals surface area (Å²) in [5.74, 6) is -0.310. The predicted octanol–water partition coefficient (Wildman–Crippen LogP) is 2.34. The predicted molar refractivity (Wildman–Crippen MR) is 95.5 cm³/mol. The summed E-state index contributed by atoms with van der Waals surface area (Å²) >= 11 is 0. The summed E-state index contributed by atoms with van der Waals surface area (Å²) in [6.45, 7) is -0.414. The van der Waals surface area contributed by atoms with Gasteiger partial charge in [0.15, 0.2) is 9.84 Å². The van der Waals surface area contributed by atoms with Crippen molar-refractivity contribution >= 4 is 31.6 Å². The lowest BCUT2D eigenvalue weighted by Gasteiger charge is -2.05. The molecule has 0 saturated carbocycles. The maximum atomic E-state index is 12.2. The molecule has 0 unspecified atom stereocenters. The first kappa shape index (κ1) is 15.7. The number of aliphatic hydroxyl groups excluding tert-OH is 1. The van der Waals surface area contributed by atoms with Crippen LogP contribution in [0.25, 0.3) is 27.5 Å². The van der Waals surface area contributed by atoms with Crippen molar-refractivity contribution in [2.75, 3.05) is 12.4 Å². The Bertz CT molecular complexity index is 1180. The van der Waals surface area contributed by atoms with E-state index < -0.39 is 16.4 Å². The molecule has 1 aromatic heterocycles. The number of aromatic nitrogens is 3. The van der Waals surface area contributed by atoms with Gasteiger partial charge in [-0.2, -0.15) is 4.80 Å². The summed E-state index contributed by atoms with van der Waals surface area (Å²) in [6, 6.07) is 18.2. The molecule has 0 bridgehead atoms. The van der Waals surface area contributed by atoms with Crippen LogP contribution < -0.4 is 0 Å². The lowest BCUT2D eigenvalue weighted by Crippen LogP contribution is -2.10. The molecule has 1 heterocycles. The third kappa shape index (κ3) is 2.77. The molecule has 0 spiro atoms. The van der Waals surface area contributed by atoms with Gasteiger partial charge in [0.05, 0.1) is 22.9 Å². The number of benzene rings is 3. The van der Waals surface area contributed by atoms with E-state index in [4.69, 9.17) is 5.11 Å². The van der Waals surface area contributed by atoms with Crippen LogP contribution in [0.4, 0.5) is 0 Å². The van der Waals surface area contributed by atoms with Crippen LogP contribution in [0.5, 0.6) is 0 Å². The molecule has 3 aromatic carbocycles. The van der Waals surface area contributed by atoms with Gasteiger partial charge in [0.1, 0.15) is 11.0 Å². The van der Waals surface area contributed by atoms with Crippen LogP contribution in [0.2, 0.25) is 0 Å². The zero-order valence-corrected chi connectivity index (χ0v) is 14.0. The minimum absolute atomic E-state index is 0.144. The summed E-state index contributed by atoms with van der Waals surface area (Å²) in [7, 11) is -3.52. The molecule has 0 aliphatic heterocycles. The Morgan fingerprint density at radius 3 is 2.64 bits per heavy atom. The van der Waals surface area contributed by atoms with Crippen molar-refractivity contribution < 1.29 is 13.5 Å². The highest BCUT2D eigenvalue weighted by Crippen LogP contribution is 2.24. The Kier molecular flexibility index (Phi) is 3.74. The van der Waals surface area contributed by atoms with Gasteiger partial charge in [-0.25, -0.2) is 8.42 Å². The SMILES string of the molecule is O=S(=O)(CCO)c1cccc(-n2nc3ccc4ccccc4c3n2)c1. The Morgan fingerprint density at radius 1 is 0.960 bits per heavy atom. The second-order valence-electron chi connectivity index (χ2n) is 5.68. The molecule has 1 N–H and O–H groups in total. The van der Waals surface area contributed by atoms with Crippen molar-refractivity contribution in [1.82, 2.24) is 15.0 Å². The number of aliphatic hydroxyl groups is 1. The second kappa shape index (κ2) is 5.94. The minimum atomic E-state index is -3.52. The molecular formula is C18H15N3O3S. The molecule has 0 saturated heterocycles. The van der Waals surface area contributed by atoms with E-state index >= 15 is 0 Å². The number of sulfone groups is 1. The van der Waals surface area contributed by atoms with E-state index in [2.05, 4.69) is 10.2 Å². The van der Waals surface area contributed by atoms with Gasteiger partial charge in [0.25, 0.3) is 0 Å². The smallest absolute Gasteiger partial charge is 0.180 e. The van der Waals surface area contributed by atoms with Crippen molar-refractivity contribution in [1.29, 1.82) is 0 Å². The Morgan fingerprint density at radius 2 is 1.80 bits per heavy atom. The zero-order valence-electron chi connectivity index (χ0n) is 13.2. The number of nitrogens with zero attached hydrogens (tertiary/aromatic N) is 3. The maximum absolute atomic E-state index is 12.2. The average molecular weight is 353 g/mol. The van der Waals surface area contributed by atoms with Gasteiger partial charge in [0, 0.05) is 5.39 Å². The molecule has 0 aliphatic rings. The van der Waals surface area contributed by atoms with E-state index in [-0.39, 0.29) is 10.6 Å². The monoisotopic (exact) mass is 353 g/mol. The number of hydrogen-bond acceptors (Lipinski definition) is 5. The molecule has 6 nitrogen and oxygen atoms in total. The fourth-order valence-corrected chi connectivity index (χ4v) is 3.87. The van der Waals surface area contributed by atoms with Crippen LogP contribution in [0, 0.1) is 0 Å². The molecule has 4 rings (SSSR count). The van der Waals surface area contributed by atoms with Crippen LogP contribution in [0.15, 0.2) is 65.6 Å². The first-order valence-electron chi connectivity index (χ1n) is 7.77. The first-order chi connectivity index (χ1) is 12.1. The molecule has 0 atom stereocenters. The van der Waals surface area contributed by atoms with Crippen molar-refractivity contribution in [3.63, 3.8) is 0 Å². The topological polar surface area (TPSA) is 85.1 Å². The Hall–Kier alpha value is -2.77. The molecule has 0 aliphatic carbocycles. The molecule has 0 radical (unpaired) electrons. The summed E-state index contributed by atoms with van der Waals surface area (Å²) < 4.78 is 24.3. The fourth-order valence-electron chi connectivity index (χ4n) is 2.80. The molecular weight excluding hydrogens is 338 g/mol. The van der Waals surface area contributed by atoms with Crippen molar-refractivity contribution in [2.24, 2.45) is 0 Å². The summed E-state index contributed by atoms with van der Waals surface area (Å²) in [5.41, 5.74) is 2.06. The van der Waals surface area contributed by atoms with E-state index in [1.165, 1.54) is 16.9 Å². The van der Waals surface area contributed by atoms with Crippen molar-refractivity contribution in [3.05, 3.63) is 60.7 Å². The highest BCUT2D eigenvalue weighted by Gasteiger charge is 2.15. The van der Waals surface area contributed by atoms with Gasteiger partial charge >= 0.3 is 0 Å². The minimum Gasteiger partial charge on any atom is -0.395 e. The van der Waals surface area contributed by atoms with Gasteiger partial charge in [-0.15, -0.1) is 10.2 Å².